The van der Waals surface area contributed by atoms with Crippen LogP contribution in [0.4, 0.5) is 0 Å². The summed E-state index contributed by atoms with van der Waals surface area (Å²) in [5.41, 5.74) is 5.53. The normalized spacial score (nSPS) is 16.7. The maximum absolute atomic E-state index is 10.0. The number of aliphatic hydroxyl groups is 1. The van der Waals surface area contributed by atoms with Crippen molar-refractivity contribution in [1.29, 1.82) is 0 Å². The van der Waals surface area contributed by atoms with Crippen LogP contribution in [-0.4, -0.2) is 15.9 Å². The number of rotatable bonds is 2. The van der Waals surface area contributed by atoms with Gasteiger partial charge in [-0.1, -0.05) is 46.2 Å². The van der Waals surface area contributed by atoms with Crippen molar-refractivity contribution in [3.05, 3.63) is 65.6 Å². The molecule has 28 heavy (non-hydrogen) atoms. The molecule has 0 aliphatic heterocycles. The van der Waals surface area contributed by atoms with Gasteiger partial charge < -0.3 is 10.1 Å². The molecule has 0 fully saturated rings. The third-order valence-electron chi connectivity index (χ3n) is 5.14. The molecule has 1 heterocycles. The van der Waals surface area contributed by atoms with Crippen LogP contribution in [0.5, 0.6) is 0 Å². The average Bonchev–Trinajstić information content (AvgIpc) is 2.59. The van der Waals surface area contributed by atoms with Gasteiger partial charge >= 0.3 is 0 Å². The van der Waals surface area contributed by atoms with Gasteiger partial charge in [0.15, 0.2) is 5.78 Å². The quantitative estimate of drug-likeness (QED) is 0.283. The second-order valence-corrected chi connectivity index (χ2v) is 8.55. The van der Waals surface area contributed by atoms with Crippen LogP contribution in [0.3, 0.4) is 0 Å². The maximum atomic E-state index is 10.0. The summed E-state index contributed by atoms with van der Waals surface area (Å²) in [7, 11) is 0. The summed E-state index contributed by atoms with van der Waals surface area (Å²) in [5.74, 6) is -0.0625. The molecule has 0 saturated heterocycles. The Balaban J connectivity index is 0.000000425. The summed E-state index contributed by atoms with van der Waals surface area (Å²) >= 11 is 0. The van der Waals surface area contributed by atoms with Crippen molar-refractivity contribution in [2.24, 2.45) is 0 Å². The first kappa shape index (κ1) is 24.3. The number of fused-ring (bicyclic) bond motifs is 1. The summed E-state index contributed by atoms with van der Waals surface area (Å²) in [5, 5.41) is 8.36. The van der Waals surface area contributed by atoms with Gasteiger partial charge in [0.2, 0.25) is 0 Å². The van der Waals surface area contributed by atoms with E-state index < -0.39 is 0 Å². The predicted octanol–water partition coefficient (Wildman–Crippen LogP) is 5.93. The van der Waals surface area contributed by atoms with Gasteiger partial charge in [0.05, 0.1) is 5.76 Å². The Bertz CT molecular complexity index is 835. The van der Waals surface area contributed by atoms with Gasteiger partial charge in [-0.15, -0.1) is 34.9 Å². The first-order valence-electron chi connectivity index (χ1n) is 9.39. The van der Waals surface area contributed by atoms with Gasteiger partial charge in [0.25, 0.3) is 0 Å². The number of ketones is 1. The summed E-state index contributed by atoms with van der Waals surface area (Å²) < 4.78 is 0. The van der Waals surface area contributed by atoms with Crippen molar-refractivity contribution < 1.29 is 30.0 Å². The van der Waals surface area contributed by atoms with Gasteiger partial charge in [-0.25, -0.2) is 0 Å². The molecule has 153 valence electrons. The van der Waals surface area contributed by atoms with Gasteiger partial charge in [-0.2, -0.15) is 0 Å². The Morgan fingerprint density at radius 2 is 1.71 bits per heavy atom. The Labute approximate surface area is 182 Å². The number of nitrogens with zero attached hydrogens (tertiary/aromatic N) is 1. The smallest absolute Gasteiger partial charge is 0.155 e. The molecule has 0 spiro atoms. The number of aliphatic hydroxyl groups excluding tert-OH is 1. The minimum absolute atomic E-state index is 0. The molecule has 0 bridgehead atoms. The van der Waals surface area contributed by atoms with E-state index in [1.165, 1.54) is 43.9 Å². The molecular weight excluding hydrogens is 526 g/mol. The number of aromatic nitrogens is 1. The number of allylic oxidation sites excluding steroid dienone is 2. The minimum Gasteiger partial charge on any atom is -0.512 e. The zero-order valence-corrected chi connectivity index (χ0v) is 20.0. The molecular formula is C24H30IrNO2-. The van der Waals surface area contributed by atoms with E-state index in [-0.39, 0.29) is 42.5 Å². The molecule has 1 N–H and O–H groups in total. The molecule has 0 saturated carbocycles. The maximum Gasteiger partial charge on any atom is 0.155 e. The molecule has 2 aromatic rings. The van der Waals surface area contributed by atoms with Crippen LogP contribution in [0.15, 0.2) is 48.4 Å². The van der Waals surface area contributed by atoms with Crippen LogP contribution in [0, 0.1) is 6.07 Å². The van der Waals surface area contributed by atoms with Crippen molar-refractivity contribution in [3.63, 3.8) is 0 Å². The fraction of sp³-hybridized carbons (Fsp3) is 0.417. The summed E-state index contributed by atoms with van der Waals surface area (Å²) in [6, 6.07) is 14.0. The zero-order chi connectivity index (χ0) is 20.2. The zero-order valence-electron chi connectivity index (χ0n) is 17.6. The van der Waals surface area contributed by atoms with E-state index in [0.717, 1.165) is 11.3 Å². The van der Waals surface area contributed by atoms with E-state index in [1.54, 1.807) is 0 Å². The molecule has 4 heteroatoms. The Hall–Kier alpha value is -1.77. The summed E-state index contributed by atoms with van der Waals surface area (Å²) in [4.78, 5) is 14.5. The first-order valence-corrected chi connectivity index (χ1v) is 9.39. The van der Waals surface area contributed by atoms with Gasteiger partial charge in [0.1, 0.15) is 0 Å². The molecule has 0 atom stereocenters. The largest absolute Gasteiger partial charge is 0.512 e. The fourth-order valence-corrected chi connectivity index (χ4v) is 3.47. The van der Waals surface area contributed by atoms with Crippen LogP contribution in [0.1, 0.15) is 65.5 Å². The van der Waals surface area contributed by atoms with E-state index in [9.17, 15) is 4.79 Å². The second kappa shape index (κ2) is 9.62. The fourth-order valence-electron chi connectivity index (χ4n) is 3.47. The van der Waals surface area contributed by atoms with Crippen LogP contribution in [-0.2, 0) is 35.7 Å². The van der Waals surface area contributed by atoms with Gasteiger partial charge in [-0.05, 0) is 42.9 Å². The number of benzene rings is 1. The second-order valence-electron chi connectivity index (χ2n) is 8.55. The van der Waals surface area contributed by atoms with E-state index in [2.05, 4.69) is 56.9 Å². The van der Waals surface area contributed by atoms with E-state index in [4.69, 9.17) is 5.11 Å². The van der Waals surface area contributed by atoms with Gasteiger partial charge in [0, 0.05) is 32.4 Å². The van der Waals surface area contributed by atoms with E-state index in [1.807, 2.05) is 18.3 Å². The SMILES string of the molecule is CC(=O)C=C(C)O.CC1(C)CCC(C)(C)c2cc(-c3ccccn3)[c-]cc21.[Ir]. The molecule has 1 aliphatic rings. The van der Waals surface area contributed by atoms with Crippen LogP contribution >= 0.6 is 0 Å². The van der Waals surface area contributed by atoms with Gasteiger partial charge in [-0.3, -0.25) is 4.79 Å². The topological polar surface area (TPSA) is 50.2 Å². The molecule has 0 amide bonds. The Kier molecular flexibility index (Phi) is 8.34. The average molecular weight is 557 g/mol. The molecule has 1 aliphatic carbocycles. The third-order valence-corrected chi connectivity index (χ3v) is 5.14. The van der Waals surface area contributed by atoms with Crippen molar-refractivity contribution in [2.75, 3.05) is 0 Å². The van der Waals surface area contributed by atoms with E-state index in [0.29, 0.717) is 0 Å². The van der Waals surface area contributed by atoms with Crippen molar-refractivity contribution in [2.45, 2.75) is 65.2 Å². The van der Waals surface area contributed by atoms with Crippen molar-refractivity contribution >= 4 is 5.78 Å². The number of hydrogen-bond acceptors (Lipinski definition) is 3. The summed E-state index contributed by atoms with van der Waals surface area (Å²) in [6.45, 7) is 12.2. The van der Waals surface area contributed by atoms with Crippen LogP contribution < -0.4 is 0 Å². The van der Waals surface area contributed by atoms with Crippen LogP contribution in [0.25, 0.3) is 11.3 Å². The minimum atomic E-state index is -0.125. The third kappa shape index (κ3) is 6.12. The van der Waals surface area contributed by atoms with E-state index >= 15 is 0 Å². The summed E-state index contributed by atoms with van der Waals surface area (Å²) in [6.07, 6.45) is 5.49. The molecule has 0 unspecified atom stereocenters. The molecule has 1 aromatic carbocycles. The van der Waals surface area contributed by atoms with Crippen molar-refractivity contribution in [3.8, 4) is 11.3 Å². The Morgan fingerprint density at radius 3 is 2.18 bits per heavy atom. The number of hydrogen-bond donors (Lipinski definition) is 1. The first-order chi connectivity index (χ1) is 12.5. The number of pyridine rings is 1. The Morgan fingerprint density at radius 1 is 1.11 bits per heavy atom. The standard InChI is InChI=1S/C19H22N.C5H8O2.Ir/c1-18(2)10-11-19(3,4)16-13-14(8-9-15(16)18)17-7-5-6-12-20-17;1-4(6)3-5(2)7;/h5-7,9,12-13H,10-11H2,1-4H3;3,6H,1-2H3;/q-1;;. The molecule has 1 aromatic heterocycles. The predicted molar refractivity (Wildman–Crippen MR) is 111 cm³/mol. The molecule has 1 radical (unpaired) electrons. The van der Waals surface area contributed by atoms with Crippen molar-refractivity contribution in [1.82, 2.24) is 4.98 Å². The van der Waals surface area contributed by atoms with Crippen LogP contribution in [0.2, 0.25) is 0 Å². The molecule has 3 nitrogen and oxygen atoms in total. The number of carbonyl (C=O) groups excluding carboxylic acids is 1. The number of carbonyl (C=O) groups is 1. The molecule has 3 rings (SSSR count). The monoisotopic (exact) mass is 557 g/mol.